The van der Waals surface area contributed by atoms with Crippen molar-refractivity contribution in [2.24, 2.45) is 0 Å². The Morgan fingerprint density at radius 1 is 1.16 bits per heavy atom. The van der Waals surface area contributed by atoms with Crippen LogP contribution in [-0.2, 0) is 6.54 Å². The van der Waals surface area contributed by atoms with E-state index < -0.39 is 0 Å². The van der Waals surface area contributed by atoms with Crippen LogP contribution in [0.1, 0.15) is 24.9 Å². The average molecular weight is 257 g/mol. The Bertz CT molecular complexity index is 527. The first kappa shape index (κ1) is 13.3. The van der Waals surface area contributed by atoms with Gasteiger partial charge in [-0.15, -0.1) is 0 Å². The first-order valence-corrected chi connectivity index (χ1v) is 6.49. The first-order valence-electron chi connectivity index (χ1n) is 6.49. The van der Waals surface area contributed by atoms with Crippen LogP contribution in [0.15, 0.2) is 30.7 Å². The van der Waals surface area contributed by atoms with Crippen LogP contribution in [0.3, 0.4) is 0 Å². The summed E-state index contributed by atoms with van der Waals surface area (Å²) in [7, 11) is 0. The zero-order chi connectivity index (χ0) is 13.5. The Morgan fingerprint density at radius 3 is 2.68 bits per heavy atom. The molecule has 0 aliphatic carbocycles. The molecule has 2 aromatic rings. The number of nitrogens with one attached hydrogen (secondary N) is 2. The van der Waals surface area contributed by atoms with E-state index in [4.69, 9.17) is 0 Å². The van der Waals surface area contributed by atoms with Crippen molar-refractivity contribution in [3.05, 3.63) is 42.2 Å². The van der Waals surface area contributed by atoms with Gasteiger partial charge in [0.25, 0.3) is 0 Å². The van der Waals surface area contributed by atoms with E-state index in [2.05, 4.69) is 38.6 Å². The molecule has 0 bridgehead atoms. The van der Waals surface area contributed by atoms with Gasteiger partial charge >= 0.3 is 0 Å². The quantitative estimate of drug-likeness (QED) is 0.833. The zero-order valence-electron chi connectivity index (χ0n) is 11.3. The van der Waals surface area contributed by atoms with Gasteiger partial charge in [-0.25, -0.2) is 9.97 Å². The Kier molecular flexibility index (Phi) is 4.66. The molecule has 0 aliphatic rings. The van der Waals surface area contributed by atoms with Crippen LogP contribution in [0.2, 0.25) is 0 Å². The summed E-state index contributed by atoms with van der Waals surface area (Å²) in [5.74, 6) is 0.788. The molecule has 5 nitrogen and oxygen atoms in total. The lowest BCUT2D eigenvalue weighted by Crippen LogP contribution is -2.05. The lowest BCUT2D eigenvalue weighted by Gasteiger charge is -2.09. The molecule has 0 radical (unpaired) electrons. The summed E-state index contributed by atoms with van der Waals surface area (Å²) >= 11 is 0. The highest BCUT2D eigenvalue weighted by Gasteiger charge is 1.98. The summed E-state index contributed by atoms with van der Waals surface area (Å²) in [5.41, 5.74) is 2.99. The summed E-state index contributed by atoms with van der Waals surface area (Å²) in [4.78, 5) is 12.6. The van der Waals surface area contributed by atoms with Gasteiger partial charge in [0.2, 0.25) is 0 Å². The molecule has 100 valence electrons. The van der Waals surface area contributed by atoms with Gasteiger partial charge in [-0.3, -0.25) is 4.98 Å². The van der Waals surface area contributed by atoms with Gasteiger partial charge in [0.05, 0.1) is 36.0 Å². The molecule has 0 atom stereocenters. The molecule has 0 saturated heterocycles. The van der Waals surface area contributed by atoms with Crippen molar-refractivity contribution in [3.8, 4) is 0 Å². The second-order valence-electron chi connectivity index (χ2n) is 4.34. The van der Waals surface area contributed by atoms with Crippen molar-refractivity contribution in [2.45, 2.75) is 26.8 Å². The van der Waals surface area contributed by atoms with E-state index in [1.54, 1.807) is 6.20 Å². The highest BCUT2D eigenvalue weighted by Crippen LogP contribution is 2.13. The Labute approximate surface area is 113 Å². The Hall–Kier alpha value is -2.17. The normalized spacial score (nSPS) is 10.2. The third-order valence-electron chi connectivity index (χ3n) is 2.62. The molecule has 2 heterocycles. The fourth-order valence-corrected chi connectivity index (χ4v) is 1.70. The van der Waals surface area contributed by atoms with Crippen LogP contribution >= 0.6 is 0 Å². The number of hydrogen-bond acceptors (Lipinski definition) is 5. The molecule has 0 amide bonds. The van der Waals surface area contributed by atoms with Crippen molar-refractivity contribution in [3.63, 3.8) is 0 Å². The maximum Gasteiger partial charge on any atom is 0.125 e. The number of rotatable bonds is 6. The van der Waals surface area contributed by atoms with E-state index in [-0.39, 0.29) is 0 Å². The van der Waals surface area contributed by atoms with Crippen molar-refractivity contribution in [1.82, 2.24) is 15.0 Å². The van der Waals surface area contributed by atoms with Crippen molar-refractivity contribution in [1.29, 1.82) is 0 Å². The van der Waals surface area contributed by atoms with E-state index in [0.717, 1.165) is 35.9 Å². The predicted octanol–water partition coefficient (Wildman–Crippen LogP) is 2.61. The minimum absolute atomic E-state index is 0.669. The summed E-state index contributed by atoms with van der Waals surface area (Å²) < 4.78 is 0. The van der Waals surface area contributed by atoms with Crippen LogP contribution in [0.25, 0.3) is 0 Å². The molecule has 0 fully saturated rings. The summed E-state index contributed by atoms with van der Waals surface area (Å²) in [6.45, 7) is 5.65. The van der Waals surface area contributed by atoms with E-state index in [1.807, 2.05) is 25.4 Å². The number of nitrogens with zero attached hydrogens (tertiary/aromatic N) is 3. The molecule has 2 aromatic heterocycles. The molecule has 0 spiro atoms. The van der Waals surface area contributed by atoms with Crippen LogP contribution in [-0.4, -0.2) is 21.5 Å². The number of pyridine rings is 1. The average Bonchev–Trinajstić information content (AvgIpc) is 2.43. The standard InChI is InChI=1S/C14H19N5/c1-3-5-17-13-7-14(9-15-8-13)18-10-12-4-6-16-11(2)19-12/h4,6-9,17-18H,3,5,10H2,1-2H3. The Morgan fingerprint density at radius 2 is 1.95 bits per heavy atom. The topological polar surface area (TPSA) is 62.7 Å². The van der Waals surface area contributed by atoms with Crippen molar-refractivity contribution >= 4 is 11.4 Å². The minimum atomic E-state index is 0.669. The van der Waals surface area contributed by atoms with Gasteiger partial charge in [0.15, 0.2) is 0 Å². The second-order valence-corrected chi connectivity index (χ2v) is 4.34. The molecule has 19 heavy (non-hydrogen) atoms. The third kappa shape index (κ3) is 4.21. The largest absolute Gasteiger partial charge is 0.384 e. The van der Waals surface area contributed by atoms with Crippen molar-refractivity contribution in [2.75, 3.05) is 17.2 Å². The summed E-state index contributed by atoms with van der Waals surface area (Å²) in [6.07, 6.45) is 6.51. The highest BCUT2D eigenvalue weighted by atomic mass is 15.0. The zero-order valence-corrected chi connectivity index (χ0v) is 11.3. The first-order chi connectivity index (χ1) is 9.28. The van der Waals surface area contributed by atoms with Crippen LogP contribution in [0.4, 0.5) is 11.4 Å². The lowest BCUT2D eigenvalue weighted by molar-refractivity contribution is 0.953. The smallest absolute Gasteiger partial charge is 0.125 e. The molecule has 0 unspecified atom stereocenters. The van der Waals surface area contributed by atoms with Crippen LogP contribution < -0.4 is 10.6 Å². The van der Waals surface area contributed by atoms with Gasteiger partial charge in [-0.2, -0.15) is 0 Å². The van der Waals surface area contributed by atoms with E-state index in [9.17, 15) is 0 Å². The molecular formula is C14H19N5. The lowest BCUT2D eigenvalue weighted by atomic mass is 10.3. The maximum absolute atomic E-state index is 4.35. The molecule has 0 aromatic carbocycles. The SMILES string of the molecule is CCCNc1cncc(NCc2ccnc(C)n2)c1. The van der Waals surface area contributed by atoms with Crippen LogP contribution in [0.5, 0.6) is 0 Å². The van der Waals surface area contributed by atoms with E-state index >= 15 is 0 Å². The van der Waals surface area contributed by atoms with Gasteiger partial charge in [-0.1, -0.05) is 6.92 Å². The molecule has 2 rings (SSSR count). The molecule has 5 heteroatoms. The van der Waals surface area contributed by atoms with Gasteiger partial charge in [-0.05, 0) is 25.5 Å². The number of anilines is 2. The summed E-state index contributed by atoms with van der Waals surface area (Å²) in [6, 6.07) is 3.96. The monoisotopic (exact) mass is 257 g/mol. The number of aryl methyl sites for hydroxylation is 1. The molecule has 0 saturated carbocycles. The number of hydrogen-bond donors (Lipinski definition) is 2. The minimum Gasteiger partial charge on any atom is -0.384 e. The Balaban J connectivity index is 1.95. The maximum atomic E-state index is 4.35. The van der Waals surface area contributed by atoms with E-state index in [1.165, 1.54) is 0 Å². The third-order valence-corrected chi connectivity index (χ3v) is 2.62. The summed E-state index contributed by atoms with van der Waals surface area (Å²) in [5, 5.41) is 6.63. The molecule has 0 aliphatic heterocycles. The fourth-order valence-electron chi connectivity index (χ4n) is 1.70. The van der Waals surface area contributed by atoms with Crippen molar-refractivity contribution < 1.29 is 0 Å². The number of aromatic nitrogens is 3. The predicted molar refractivity (Wildman–Crippen MR) is 77.1 cm³/mol. The van der Waals surface area contributed by atoms with Gasteiger partial charge in [0, 0.05) is 12.7 Å². The highest BCUT2D eigenvalue weighted by molar-refractivity contribution is 5.53. The second kappa shape index (κ2) is 6.68. The van der Waals surface area contributed by atoms with Gasteiger partial charge in [0.1, 0.15) is 5.82 Å². The molecular weight excluding hydrogens is 238 g/mol. The van der Waals surface area contributed by atoms with Crippen LogP contribution in [0, 0.1) is 6.92 Å². The van der Waals surface area contributed by atoms with Gasteiger partial charge < -0.3 is 10.6 Å². The molecule has 2 N–H and O–H groups in total. The van der Waals surface area contributed by atoms with E-state index in [0.29, 0.717) is 6.54 Å². The fraction of sp³-hybridized carbons (Fsp3) is 0.357.